The number of methoxy groups -OCH3 is 2. The van der Waals surface area contributed by atoms with E-state index in [0.717, 1.165) is 14.2 Å². The number of ketones is 1. The number of fused-ring (bicyclic) bond motifs is 1. The van der Waals surface area contributed by atoms with Crippen molar-refractivity contribution in [3.05, 3.63) is 34.3 Å². The second kappa shape index (κ2) is 7.40. The maximum Gasteiger partial charge on any atom is 0.407 e. The lowest BCUT2D eigenvalue weighted by Crippen LogP contribution is -2.48. The van der Waals surface area contributed by atoms with E-state index in [0.29, 0.717) is 10.6 Å². The van der Waals surface area contributed by atoms with Crippen molar-refractivity contribution in [2.45, 2.75) is 17.7 Å². The van der Waals surface area contributed by atoms with E-state index in [1.54, 1.807) is 0 Å². The zero-order valence-electron chi connectivity index (χ0n) is 13.4. The molecule has 25 heavy (non-hydrogen) atoms. The van der Waals surface area contributed by atoms with Crippen molar-refractivity contribution < 1.29 is 32.3 Å². The molecular weight excluding hydrogens is 374 g/mol. The van der Waals surface area contributed by atoms with Gasteiger partial charge in [0.1, 0.15) is 11.3 Å². The maximum atomic E-state index is 12.6. The van der Waals surface area contributed by atoms with Crippen LogP contribution in [0, 0.1) is 0 Å². The number of hydrogen-bond donors (Lipinski definition) is 1. The number of hydrogen-bond acceptors (Lipinski definition) is 7. The van der Waals surface area contributed by atoms with E-state index >= 15 is 0 Å². The van der Waals surface area contributed by atoms with Crippen molar-refractivity contribution in [1.82, 2.24) is 5.32 Å². The Morgan fingerprint density at radius 3 is 2.60 bits per heavy atom. The predicted molar refractivity (Wildman–Crippen MR) is 88.4 cm³/mol. The average molecular weight is 390 g/mol. The highest BCUT2D eigenvalue weighted by Crippen LogP contribution is 2.29. The largest absolute Gasteiger partial charge is 0.467 e. The van der Waals surface area contributed by atoms with E-state index in [4.69, 9.17) is 11.6 Å². The van der Waals surface area contributed by atoms with Crippen LogP contribution in [0.2, 0.25) is 5.02 Å². The van der Waals surface area contributed by atoms with Crippen molar-refractivity contribution in [3.63, 3.8) is 0 Å². The lowest BCUT2D eigenvalue weighted by molar-refractivity contribution is -0.142. The molecule has 0 heterocycles. The van der Waals surface area contributed by atoms with Gasteiger partial charge in [-0.15, -0.1) is 0 Å². The Morgan fingerprint density at radius 1 is 1.32 bits per heavy atom. The van der Waals surface area contributed by atoms with Gasteiger partial charge in [0, 0.05) is 10.6 Å². The summed E-state index contributed by atoms with van der Waals surface area (Å²) >= 11 is 5.87. The molecule has 0 aliphatic heterocycles. The van der Waals surface area contributed by atoms with Gasteiger partial charge in [-0.25, -0.2) is 18.0 Å². The Bertz CT molecular complexity index is 821. The molecule has 1 aromatic carbocycles. The number of esters is 1. The molecule has 1 aliphatic carbocycles. The molecule has 1 aliphatic rings. The highest BCUT2D eigenvalue weighted by molar-refractivity contribution is 7.92. The van der Waals surface area contributed by atoms with Gasteiger partial charge >= 0.3 is 12.1 Å². The van der Waals surface area contributed by atoms with E-state index in [1.165, 1.54) is 18.2 Å². The summed E-state index contributed by atoms with van der Waals surface area (Å²) in [6.45, 7) is 0. The van der Waals surface area contributed by atoms with Crippen molar-refractivity contribution in [1.29, 1.82) is 0 Å². The molecule has 0 bridgehead atoms. The van der Waals surface area contributed by atoms with Gasteiger partial charge in [-0.1, -0.05) is 11.6 Å². The number of rotatable bonds is 5. The van der Waals surface area contributed by atoms with Crippen molar-refractivity contribution in [2.24, 2.45) is 0 Å². The molecule has 0 saturated heterocycles. The van der Waals surface area contributed by atoms with E-state index in [9.17, 15) is 22.8 Å². The fourth-order valence-electron chi connectivity index (χ4n) is 2.59. The first-order valence-corrected chi connectivity index (χ1v) is 9.25. The van der Waals surface area contributed by atoms with Crippen molar-refractivity contribution in [2.75, 3.05) is 20.0 Å². The molecule has 2 atom stereocenters. The normalized spacial score (nSPS) is 17.6. The minimum absolute atomic E-state index is 0.0385. The number of nitrogens with one attached hydrogen (secondary N) is 1. The zero-order chi connectivity index (χ0) is 18.8. The third-order valence-corrected chi connectivity index (χ3v) is 6.11. The summed E-state index contributed by atoms with van der Waals surface area (Å²) in [6, 6.07) is 3.03. The molecule has 0 radical (unpaired) electrons. The quantitative estimate of drug-likeness (QED) is 0.739. The first-order valence-electron chi connectivity index (χ1n) is 7.16. The van der Waals surface area contributed by atoms with Crippen molar-refractivity contribution >= 4 is 39.3 Å². The second-order valence-electron chi connectivity index (χ2n) is 5.40. The standard InChI is InChI=1S/C15H16ClNO7S/c1-23-14(19)11(17-15(20)24-2)7-25(21,22)12-6-8-5-9(16)3-4-10(8)13(12)18/h3-5,11-12H,6-7H2,1-2H3,(H,17,20). The van der Waals surface area contributed by atoms with Crippen LogP contribution in [0.25, 0.3) is 0 Å². The Morgan fingerprint density at radius 2 is 2.00 bits per heavy atom. The highest BCUT2D eigenvalue weighted by Gasteiger charge is 2.42. The molecule has 1 aromatic rings. The van der Waals surface area contributed by atoms with E-state index in [2.05, 4.69) is 14.8 Å². The highest BCUT2D eigenvalue weighted by atomic mass is 35.5. The molecule has 1 N–H and O–H groups in total. The molecule has 136 valence electrons. The third kappa shape index (κ3) is 4.10. The molecule has 10 heteroatoms. The molecule has 1 amide bonds. The van der Waals surface area contributed by atoms with Gasteiger partial charge in [-0.05, 0) is 30.2 Å². The average Bonchev–Trinajstić information content (AvgIpc) is 2.90. The minimum atomic E-state index is -4.06. The molecule has 0 spiro atoms. The smallest absolute Gasteiger partial charge is 0.407 e. The summed E-state index contributed by atoms with van der Waals surface area (Å²) in [7, 11) is -1.94. The number of ether oxygens (including phenoxy) is 2. The number of sulfone groups is 1. The summed E-state index contributed by atoms with van der Waals surface area (Å²) in [4.78, 5) is 35.5. The van der Waals surface area contributed by atoms with E-state index < -0.39 is 44.7 Å². The first-order chi connectivity index (χ1) is 11.7. The number of carbonyl (C=O) groups excluding carboxylic acids is 3. The van der Waals surface area contributed by atoms with Gasteiger partial charge in [0.05, 0.1) is 20.0 Å². The third-order valence-electron chi connectivity index (χ3n) is 3.83. The van der Waals surface area contributed by atoms with Gasteiger partial charge in [-0.2, -0.15) is 0 Å². The zero-order valence-corrected chi connectivity index (χ0v) is 15.0. The minimum Gasteiger partial charge on any atom is -0.467 e. The lowest BCUT2D eigenvalue weighted by Gasteiger charge is -2.18. The number of amides is 1. The molecule has 8 nitrogen and oxygen atoms in total. The van der Waals surface area contributed by atoms with E-state index in [1.807, 2.05) is 0 Å². The maximum absolute atomic E-state index is 12.6. The van der Waals surface area contributed by atoms with E-state index in [-0.39, 0.29) is 12.0 Å². The van der Waals surface area contributed by atoms with Gasteiger partial charge < -0.3 is 14.8 Å². The summed E-state index contributed by atoms with van der Waals surface area (Å²) < 4.78 is 34.1. The number of halogens is 1. The van der Waals surface area contributed by atoms with Crippen LogP contribution < -0.4 is 5.32 Å². The van der Waals surface area contributed by atoms with Gasteiger partial charge in [0.25, 0.3) is 0 Å². The lowest BCUT2D eigenvalue weighted by atomic mass is 10.1. The summed E-state index contributed by atoms with van der Waals surface area (Å²) in [5.41, 5.74) is 0.815. The van der Waals surface area contributed by atoms with Crippen LogP contribution in [0.1, 0.15) is 15.9 Å². The summed E-state index contributed by atoms with van der Waals surface area (Å²) in [5, 5.41) is 1.15. The van der Waals surface area contributed by atoms with Gasteiger partial charge in [0.15, 0.2) is 15.6 Å². The number of alkyl carbamates (subject to hydrolysis) is 1. The second-order valence-corrected chi connectivity index (χ2v) is 8.06. The van der Waals surface area contributed by atoms with Crippen LogP contribution in [-0.2, 0) is 30.5 Å². The van der Waals surface area contributed by atoms with Crippen LogP contribution in [-0.4, -0.2) is 57.5 Å². The topological polar surface area (TPSA) is 116 Å². The molecule has 0 aromatic heterocycles. The van der Waals surface area contributed by atoms with Crippen LogP contribution in [0.5, 0.6) is 0 Å². The van der Waals surface area contributed by atoms with Gasteiger partial charge in [0.2, 0.25) is 0 Å². The van der Waals surface area contributed by atoms with Crippen molar-refractivity contribution in [3.8, 4) is 0 Å². The fraction of sp³-hybridized carbons (Fsp3) is 0.400. The predicted octanol–water partition coefficient (Wildman–Crippen LogP) is 0.760. The summed E-state index contributed by atoms with van der Waals surface area (Å²) in [5.74, 6) is -2.30. The number of Topliss-reactive ketones (excluding diaryl/α,β-unsaturated/α-hetero) is 1. The number of benzene rings is 1. The Kier molecular flexibility index (Phi) is 5.69. The van der Waals surface area contributed by atoms with Crippen LogP contribution in [0.4, 0.5) is 4.79 Å². The Labute approximate surface area is 149 Å². The molecule has 0 fully saturated rings. The summed E-state index contributed by atoms with van der Waals surface area (Å²) in [6.07, 6.45) is -1.03. The monoisotopic (exact) mass is 389 g/mol. The SMILES string of the molecule is COC(=O)NC(CS(=O)(=O)C1Cc2cc(Cl)ccc2C1=O)C(=O)OC. The first kappa shape index (κ1) is 19.2. The Balaban J connectivity index is 2.24. The van der Waals surface area contributed by atoms with Gasteiger partial charge in [-0.3, -0.25) is 4.79 Å². The van der Waals surface area contributed by atoms with Crippen LogP contribution in [0.15, 0.2) is 18.2 Å². The molecule has 0 saturated carbocycles. The van der Waals surface area contributed by atoms with Crippen LogP contribution >= 0.6 is 11.6 Å². The molecule has 2 unspecified atom stereocenters. The Hall–Kier alpha value is -2.13. The molecular formula is C15H16ClNO7S. The molecule has 2 rings (SSSR count). The number of carbonyl (C=O) groups is 3. The fourth-order valence-corrected chi connectivity index (χ4v) is 4.59. The van der Waals surface area contributed by atoms with Crippen LogP contribution in [0.3, 0.4) is 0 Å².